The van der Waals surface area contributed by atoms with Crippen molar-refractivity contribution < 1.29 is 27.4 Å². The summed E-state index contributed by atoms with van der Waals surface area (Å²) < 4.78 is 25.8. The summed E-state index contributed by atoms with van der Waals surface area (Å²) in [6.07, 6.45) is 0. The van der Waals surface area contributed by atoms with Gasteiger partial charge < -0.3 is 0 Å². The molecule has 0 saturated heterocycles. The second-order valence-electron chi connectivity index (χ2n) is 0.204. The summed E-state index contributed by atoms with van der Waals surface area (Å²) in [4.78, 5) is 0. The van der Waals surface area contributed by atoms with E-state index in [4.69, 9.17) is 10.2 Å². The first-order chi connectivity index (χ1) is 1.73. The van der Waals surface area contributed by atoms with Gasteiger partial charge in [-0.05, 0) is 0 Å². The Kier molecular flexibility index (Phi) is 9.30. The zero-order valence-corrected chi connectivity index (χ0v) is 9.84. The summed E-state index contributed by atoms with van der Waals surface area (Å²) >= 11 is -4.11. The molecule has 0 bridgehead atoms. The first-order valence-corrected chi connectivity index (χ1v) is 2.96. The monoisotopic (exact) mass is 358 g/mol. The van der Waals surface area contributed by atoms with E-state index < -0.39 is 17.2 Å². The molecule has 0 aromatic carbocycles. The SMILES string of the molecule is [BiH3].[O]=[Mo](=[O])=[O]. The molecule has 0 radical (unpaired) electrons. The van der Waals surface area contributed by atoms with Gasteiger partial charge >= 0.3 is 53.6 Å². The van der Waals surface area contributed by atoms with Crippen LogP contribution in [-0.4, -0.2) is 26.2 Å². The summed E-state index contributed by atoms with van der Waals surface area (Å²) in [6, 6.07) is 0. The number of hydrogen-bond acceptors (Lipinski definition) is 3. The van der Waals surface area contributed by atoms with Crippen LogP contribution in [-0.2, 0) is 27.4 Å². The molecule has 0 aromatic heterocycles. The first kappa shape index (κ1) is 9.36. The zero-order valence-electron chi connectivity index (χ0n) is 2.34. The van der Waals surface area contributed by atoms with Gasteiger partial charge in [0.15, 0.2) is 0 Å². The summed E-state index contributed by atoms with van der Waals surface area (Å²) in [5.74, 6) is 0. The molecule has 5 heavy (non-hydrogen) atoms. The molecule has 0 rings (SSSR count). The van der Waals surface area contributed by atoms with Crippen LogP contribution < -0.4 is 0 Å². The van der Waals surface area contributed by atoms with Crippen molar-refractivity contribution in [2.75, 3.05) is 0 Å². The number of rotatable bonds is 0. The Morgan fingerprint density at radius 1 is 1.00 bits per heavy atom. The van der Waals surface area contributed by atoms with Crippen LogP contribution in [0.25, 0.3) is 0 Å². The van der Waals surface area contributed by atoms with Crippen LogP contribution in [0.3, 0.4) is 0 Å². The van der Waals surface area contributed by atoms with Gasteiger partial charge in [-0.25, -0.2) is 0 Å². The Balaban J connectivity index is 0. The first-order valence-electron chi connectivity index (χ1n) is 0.500. The normalized spacial score (nSPS) is 4.80. The third kappa shape index (κ3) is 46.5. The maximum absolute atomic E-state index is 8.59. The van der Waals surface area contributed by atoms with E-state index in [1.807, 2.05) is 0 Å². The van der Waals surface area contributed by atoms with Crippen LogP contribution in [0.2, 0.25) is 0 Å². The van der Waals surface area contributed by atoms with Crippen molar-refractivity contribution in [1.82, 2.24) is 0 Å². The summed E-state index contributed by atoms with van der Waals surface area (Å²) in [5, 5.41) is 0. The Morgan fingerprint density at radius 2 is 1.00 bits per heavy atom. The van der Waals surface area contributed by atoms with Crippen molar-refractivity contribution in [1.29, 1.82) is 0 Å². The van der Waals surface area contributed by atoms with E-state index in [1.165, 1.54) is 0 Å². The quantitative estimate of drug-likeness (QED) is 0.495. The van der Waals surface area contributed by atoms with E-state index in [9.17, 15) is 0 Å². The van der Waals surface area contributed by atoms with E-state index in [-0.39, 0.29) is 26.2 Å². The van der Waals surface area contributed by atoms with Crippen LogP contribution in [0.1, 0.15) is 0 Å². The molecule has 32 valence electrons. The molecule has 0 atom stereocenters. The molecule has 0 aromatic rings. The second-order valence-corrected chi connectivity index (χ2v) is 1.21. The fourth-order valence-corrected chi connectivity index (χ4v) is 0. The molecule has 0 aliphatic rings. The van der Waals surface area contributed by atoms with Crippen LogP contribution in [0.4, 0.5) is 0 Å². The Morgan fingerprint density at radius 3 is 1.00 bits per heavy atom. The van der Waals surface area contributed by atoms with Gasteiger partial charge in [-0.1, -0.05) is 0 Å². The summed E-state index contributed by atoms with van der Waals surface area (Å²) in [5.41, 5.74) is 0. The van der Waals surface area contributed by atoms with E-state index >= 15 is 0 Å². The molecule has 0 saturated carbocycles. The van der Waals surface area contributed by atoms with Crippen molar-refractivity contribution in [2.45, 2.75) is 0 Å². The fraction of sp³-hybridized carbons (Fsp3) is 0. The van der Waals surface area contributed by atoms with E-state index in [0.717, 1.165) is 0 Å². The van der Waals surface area contributed by atoms with Gasteiger partial charge in [-0.2, -0.15) is 0 Å². The zero-order chi connectivity index (χ0) is 3.58. The standard InChI is InChI=1S/Bi.Mo.3O.3H. The van der Waals surface area contributed by atoms with Gasteiger partial charge in [0.2, 0.25) is 0 Å². The van der Waals surface area contributed by atoms with E-state index in [0.29, 0.717) is 0 Å². The maximum atomic E-state index is 8.59. The molecule has 0 spiro atoms. The molecule has 0 N–H and O–H groups in total. The molecule has 0 heterocycles. The van der Waals surface area contributed by atoms with Gasteiger partial charge in [-0.15, -0.1) is 0 Å². The third-order valence-electron chi connectivity index (χ3n) is 0. The van der Waals surface area contributed by atoms with Crippen LogP contribution in [0.15, 0.2) is 0 Å². The predicted molar refractivity (Wildman–Crippen MR) is 12.0 cm³/mol. The molecular weight excluding hydrogens is 353 g/mol. The van der Waals surface area contributed by atoms with Crippen molar-refractivity contribution in [2.24, 2.45) is 0 Å². The van der Waals surface area contributed by atoms with Crippen molar-refractivity contribution in [3.8, 4) is 0 Å². The summed E-state index contributed by atoms with van der Waals surface area (Å²) in [6.45, 7) is 0. The molecule has 0 amide bonds. The Labute approximate surface area is 53.3 Å². The predicted octanol–water partition coefficient (Wildman–Crippen LogP) is -1.54. The van der Waals surface area contributed by atoms with Crippen molar-refractivity contribution in [3.63, 3.8) is 0 Å². The molecule has 5 heteroatoms. The minimum absolute atomic E-state index is 0. The Hall–Kier alpha value is 0.971. The second kappa shape index (κ2) is 4.97. The van der Waals surface area contributed by atoms with Crippen LogP contribution in [0.5, 0.6) is 0 Å². The Bertz CT molecular complexity index is 76.3. The molecule has 0 fully saturated rings. The van der Waals surface area contributed by atoms with E-state index in [2.05, 4.69) is 0 Å². The average molecular weight is 356 g/mol. The topological polar surface area (TPSA) is 51.2 Å². The van der Waals surface area contributed by atoms with Crippen LogP contribution in [0, 0.1) is 0 Å². The van der Waals surface area contributed by atoms with Crippen LogP contribution >= 0.6 is 0 Å². The molecule has 0 aliphatic heterocycles. The fourth-order valence-electron chi connectivity index (χ4n) is 0. The van der Waals surface area contributed by atoms with Gasteiger partial charge in [0.05, 0.1) is 0 Å². The molecule has 0 unspecified atom stereocenters. The van der Waals surface area contributed by atoms with E-state index in [1.54, 1.807) is 0 Å². The van der Waals surface area contributed by atoms with Crippen molar-refractivity contribution >= 4 is 26.2 Å². The molecule has 0 aliphatic carbocycles. The van der Waals surface area contributed by atoms with Gasteiger partial charge in [0.25, 0.3) is 0 Å². The molecular formula is H3BiMoO3. The minimum atomic E-state index is -4.11. The van der Waals surface area contributed by atoms with Gasteiger partial charge in [0, 0.05) is 0 Å². The summed E-state index contributed by atoms with van der Waals surface area (Å²) in [7, 11) is 0. The van der Waals surface area contributed by atoms with Gasteiger partial charge in [0.1, 0.15) is 0 Å². The van der Waals surface area contributed by atoms with Crippen molar-refractivity contribution in [3.05, 3.63) is 0 Å². The molecule has 3 nitrogen and oxygen atoms in total. The number of hydrogen-bond donors (Lipinski definition) is 0. The average Bonchev–Trinajstić information content (AvgIpc) is 0.811. The van der Waals surface area contributed by atoms with Gasteiger partial charge in [-0.3, -0.25) is 0 Å². The third-order valence-corrected chi connectivity index (χ3v) is 0.